The topological polar surface area (TPSA) is 52.3 Å². The van der Waals surface area contributed by atoms with E-state index in [1.165, 1.54) is 12.8 Å². The zero-order chi connectivity index (χ0) is 11.0. The SMILES string of the molecule is C=C(N)C(=O)OCC(CC)CCCC. The zero-order valence-electron chi connectivity index (χ0n) is 9.21. The fourth-order valence-electron chi connectivity index (χ4n) is 1.18. The molecule has 0 aliphatic carbocycles. The number of carbonyl (C=O) groups is 1. The Morgan fingerprint density at radius 3 is 2.57 bits per heavy atom. The summed E-state index contributed by atoms with van der Waals surface area (Å²) >= 11 is 0. The predicted octanol–water partition coefficient (Wildman–Crippen LogP) is 2.22. The van der Waals surface area contributed by atoms with Crippen LogP contribution in [0.25, 0.3) is 0 Å². The van der Waals surface area contributed by atoms with Crippen molar-refractivity contribution in [3.63, 3.8) is 0 Å². The molecule has 0 bridgehead atoms. The predicted molar refractivity (Wildman–Crippen MR) is 57.6 cm³/mol. The van der Waals surface area contributed by atoms with E-state index in [2.05, 4.69) is 20.4 Å². The molecule has 14 heavy (non-hydrogen) atoms. The largest absolute Gasteiger partial charge is 0.461 e. The van der Waals surface area contributed by atoms with Crippen LogP contribution in [0.5, 0.6) is 0 Å². The lowest BCUT2D eigenvalue weighted by atomic mass is 10.0. The summed E-state index contributed by atoms with van der Waals surface area (Å²) in [6.07, 6.45) is 4.50. The van der Waals surface area contributed by atoms with Crippen molar-refractivity contribution in [1.82, 2.24) is 0 Å². The van der Waals surface area contributed by atoms with Gasteiger partial charge in [-0.25, -0.2) is 4.79 Å². The number of ether oxygens (including phenoxy) is 1. The maximum absolute atomic E-state index is 11.0. The van der Waals surface area contributed by atoms with Crippen molar-refractivity contribution in [3.8, 4) is 0 Å². The molecule has 0 amide bonds. The summed E-state index contributed by atoms with van der Waals surface area (Å²) in [4.78, 5) is 11.0. The molecule has 1 unspecified atom stereocenters. The molecule has 0 aromatic heterocycles. The first-order chi connectivity index (χ1) is 6.61. The van der Waals surface area contributed by atoms with Gasteiger partial charge in [0.25, 0.3) is 0 Å². The Hall–Kier alpha value is -0.990. The molecule has 0 spiro atoms. The average Bonchev–Trinajstić information content (AvgIpc) is 2.17. The highest BCUT2D eigenvalue weighted by Gasteiger charge is 2.10. The second-order valence-electron chi connectivity index (χ2n) is 3.54. The zero-order valence-corrected chi connectivity index (χ0v) is 9.21. The van der Waals surface area contributed by atoms with Gasteiger partial charge < -0.3 is 10.5 Å². The summed E-state index contributed by atoms with van der Waals surface area (Å²) in [6.45, 7) is 8.04. The van der Waals surface area contributed by atoms with Crippen LogP contribution in [-0.2, 0) is 9.53 Å². The van der Waals surface area contributed by atoms with E-state index in [4.69, 9.17) is 10.5 Å². The van der Waals surface area contributed by atoms with Crippen LogP contribution in [0.4, 0.5) is 0 Å². The van der Waals surface area contributed by atoms with E-state index >= 15 is 0 Å². The van der Waals surface area contributed by atoms with E-state index < -0.39 is 5.97 Å². The lowest BCUT2D eigenvalue weighted by Crippen LogP contribution is -2.18. The van der Waals surface area contributed by atoms with E-state index in [-0.39, 0.29) is 5.70 Å². The summed E-state index contributed by atoms with van der Waals surface area (Å²) in [5.41, 5.74) is 5.18. The Balaban J connectivity index is 3.71. The summed E-state index contributed by atoms with van der Waals surface area (Å²) in [6, 6.07) is 0. The lowest BCUT2D eigenvalue weighted by molar-refractivity contribution is -0.140. The molecular weight excluding hydrogens is 178 g/mol. The van der Waals surface area contributed by atoms with Crippen molar-refractivity contribution in [3.05, 3.63) is 12.3 Å². The Kier molecular flexibility index (Phi) is 6.89. The molecule has 2 N–H and O–H groups in total. The number of nitrogens with two attached hydrogens (primary N) is 1. The van der Waals surface area contributed by atoms with Gasteiger partial charge in [-0.2, -0.15) is 0 Å². The Labute approximate surface area is 86.3 Å². The van der Waals surface area contributed by atoms with Crippen molar-refractivity contribution in [2.45, 2.75) is 39.5 Å². The minimum atomic E-state index is -0.486. The minimum Gasteiger partial charge on any atom is -0.461 e. The highest BCUT2D eigenvalue weighted by molar-refractivity contribution is 5.86. The van der Waals surface area contributed by atoms with Crippen LogP contribution in [0.1, 0.15) is 39.5 Å². The van der Waals surface area contributed by atoms with Crippen molar-refractivity contribution in [1.29, 1.82) is 0 Å². The summed E-state index contributed by atoms with van der Waals surface area (Å²) < 4.78 is 4.99. The van der Waals surface area contributed by atoms with Gasteiger partial charge >= 0.3 is 5.97 Å². The average molecular weight is 199 g/mol. The first kappa shape index (κ1) is 13.0. The van der Waals surface area contributed by atoms with Crippen LogP contribution in [0.15, 0.2) is 12.3 Å². The molecule has 3 heteroatoms. The molecule has 0 rings (SSSR count). The summed E-state index contributed by atoms with van der Waals surface area (Å²) in [5.74, 6) is -0.0294. The molecule has 82 valence electrons. The first-order valence-electron chi connectivity index (χ1n) is 5.23. The van der Waals surface area contributed by atoms with Gasteiger partial charge in [-0.1, -0.05) is 39.7 Å². The van der Waals surface area contributed by atoms with Crippen LogP contribution < -0.4 is 5.73 Å². The Bertz CT molecular complexity index is 190. The fraction of sp³-hybridized carbons (Fsp3) is 0.727. The van der Waals surface area contributed by atoms with E-state index in [1.54, 1.807) is 0 Å². The van der Waals surface area contributed by atoms with E-state index in [1.807, 2.05) is 0 Å². The molecule has 0 aliphatic rings. The molecule has 0 radical (unpaired) electrons. The van der Waals surface area contributed by atoms with Crippen LogP contribution in [0.3, 0.4) is 0 Å². The van der Waals surface area contributed by atoms with Crippen LogP contribution in [-0.4, -0.2) is 12.6 Å². The van der Waals surface area contributed by atoms with Crippen LogP contribution in [0, 0.1) is 5.92 Å². The normalized spacial score (nSPS) is 12.1. The van der Waals surface area contributed by atoms with E-state index in [9.17, 15) is 4.79 Å². The van der Waals surface area contributed by atoms with Gasteiger partial charge in [-0.3, -0.25) is 0 Å². The monoisotopic (exact) mass is 199 g/mol. The van der Waals surface area contributed by atoms with Gasteiger partial charge in [-0.15, -0.1) is 0 Å². The third-order valence-electron chi connectivity index (χ3n) is 2.26. The number of hydrogen-bond donors (Lipinski definition) is 1. The summed E-state index contributed by atoms with van der Waals surface area (Å²) in [7, 11) is 0. The third kappa shape index (κ3) is 5.62. The molecule has 0 heterocycles. The van der Waals surface area contributed by atoms with Crippen molar-refractivity contribution in [2.75, 3.05) is 6.61 Å². The first-order valence-corrected chi connectivity index (χ1v) is 5.23. The van der Waals surface area contributed by atoms with Crippen molar-refractivity contribution in [2.24, 2.45) is 11.7 Å². The van der Waals surface area contributed by atoms with Crippen molar-refractivity contribution < 1.29 is 9.53 Å². The third-order valence-corrected chi connectivity index (χ3v) is 2.26. The number of carbonyl (C=O) groups excluding carboxylic acids is 1. The van der Waals surface area contributed by atoms with Gasteiger partial charge in [0, 0.05) is 0 Å². The molecule has 0 aliphatic heterocycles. The van der Waals surface area contributed by atoms with Gasteiger partial charge in [0.2, 0.25) is 0 Å². The van der Waals surface area contributed by atoms with E-state index in [0.717, 1.165) is 12.8 Å². The van der Waals surface area contributed by atoms with Gasteiger partial charge in [0.15, 0.2) is 0 Å². The Morgan fingerprint density at radius 1 is 1.50 bits per heavy atom. The molecule has 1 atom stereocenters. The summed E-state index contributed by atoms with van der Waals surface area (Å²) in [5, 5.41) is 0. The second kappa shape index (κ2) is 7.42. The number of unbranched alkanes of at least 4 members (excludes halogenated alkanes) is 1. The van der Waals surface area contributed by atoms with E-state index in [0.29, 0.717) is 12.5 Å². The number of rotatable bonds is 7. The molecule has 0 fully saturated rings. The standard InChI is InChI=1S/C11H21NO2/c1-4-6-7-10(5-2)8-14-11(13)9(3)12/h10H,3-8,12H2,1-2H3. The second-order valence-corrected chi connectivity index (χ2v) is 3.54. The van der Waals surface area contributed by atoms with Crippen molar-refractivity contribution >= 4 is 5.97 Å². The lowest BCUT2D eigenvalue weighted by Gasteiger charge is -2.14. The van der Waals surface area contributed by atoms with Crippen LogP contribution in [0.2, 0.25) is 0 Å². The molecule has 0 saturated heterocycles. The van der Waals surface area contributed by atoms with Gasteiger partial charge in [0.1, 0.15) is 5.70 Å². The maximum Gasteiger partial charge on any atom is 0.353 e. The quantitative estimate of drug-likeness (QED) is 0.505. The van der Waals surface area contributed by atoms with Gasteiger partial charge in [-0.05, 0) is 12.3 Å². The number of esters is 1. The highest BCUT2D eigenvalue weighted by atomic mass is 16.5. The molecule has 0 saturated carbocycles. The van der Waals surface area contributed by atoms with Crippen LogP contribution >= 0.6 is 0 Å². The molecular formula is C11H21NO2. The highest BCUT2D eigenvalue weighted by Crippen LogP contribution is 2.12. The Morgan fingerprint density at radius 2 is 2.14 bits per heavy atom. The molecule has 0 aromatic rings. The molecule has 0 aromatic carbocycles. The van der Waals surface area contributed by atoms with Gasteiger partial charge in [0.05, 0.1) is 6.61 Å². The fourth-order valence-corrected chi connectivity index (χ4v) is 1.18. The number of hydrogen-bond acceptors (Lipinski definition) is 3. The minimum absolute atomic E-state index is 0.0182. The maximum atomic E-state index is 11.0. The smallest absolute Gasteiger partial charge is 0.353 e. The molecule has 3 nitrogen and oxygen atoms in total.